The van der Waals surface area contributed by atoms with Gasteiger partial charge in [0.25, 0.3) is 0 Å². The van der Waals surface area contributed by atoms with Crippen molar-refractivity contribution in [2.75, 3.05) is 6.54 Å². The number of halogens is 1. The van der Waals surface area contributed by atoms with Crippen LogP contribution in [0.3, 0.4) is 0 Å². The number of benzene rings is 1. The summed E-state index contributed by atoms with van der Waals surface area (Å²) in [5, 5.41) is 11.5. The standard InChI is InChI=1S/C12H14FNO2/c1-9(16)14-6-2-3-11-7-10(8-15)4-5-12(11)13/h2-5,7,15H,6,8H2,1H3,(H,14,16). The van der Waals surface area contributed by atoms with Crippen LogP contribution in [0.1, 0.15) is 18.1 Å². The van der Waals surface area contributed by atoms with Crippen molar-refractivity contribution in [3.8, 4) is 0 Å². The summed E-state index contributed by atoms with van der Waals surface area (Å²) in [6, 6.07) is 4.41. The molecule has 86 valence electrons. The van der Waals surface area contributed by atoms with Crippen molar-refractivity contribution in [2.45, 2.75) is 13.5 Å². The zero-order chi connectivity index (χ0) is 12.0. The second-order valence-electron chi connectivity index (χ2n) is 3.35. The molecular formula is C12H14FNO2. The largest absolute Gasteiger partial charge is 0.392 e. The number of carbonyl (C=O) groups excluding carboxylic acids is 1. The summed E-state index contributed by atoms with van der Waals surface area (Å²) in [5.41, 5.74) is 1.05. The minimum absolute atomic E-state index is 0.118. The van der Waals surface area contributed by atoms with Crippen molar-refractivity contribution in [3.63, 3.8) is 0 Å². The maximum atomic E-state index is 13.3. The Balaban J connectivity index is 2.68. The van der Waals surface area contributed by atoms with E-state index in [4.69, 9.17) is 5.11 Å². The fourth-order valence-electron chi connectivity index (χ4n) is 1.21. The van der Waals surface area contributed by atoms with Gasteiger partial charge in [-0.05, 0) is 17.7 Å². The smallest absolute Gasteiger partial charge is 0.217 e. The minimum atomic E-state index is -0.351. The molecule has 0 aliphatic heterocycles. The zero-order valence-corrected chi connectivity index (χ0v) is 9.03. The highest BCUT2D eigenvalue weighted by molar-refractivity contribution is 5.73. The normalized spacial score (nSPS) is 10.7. The van der Waals surface area contributed by atoms with Crippen molar-refractivity contribution < 1.29 is 14.3 Å². The van der Waals surface area contributed by atoms with Crippen molar-refractivity contribution in [1.29, 1.82) is 0 Å². The van der Waals surface area contributed by atoms with Crippen molar-refractivity contribution >= 4 is 12.0 Å². The quantitative estimate of drug-likeness (QED) is 0.812. The minimum Gasteiger partial charge on any atom is -0.392 e. The maximum absolute atomic E-state index is 13.3. The number of hydrogen-bond donors (Lipinski definition) is 2. The first-order valence-corrected chi connectivity index (χ1v) is 4.93. The van der Waals surface area contributed by atoms with Gasteiger partial charge in [0.1, 0.15) is 5.82 Å². The van der Waals surface area contributed by atoms with Crippen molar-refractivity contribution in [2.24, 2.45) is 0 Å². The second-order valence-corrected chi connectivity index (χ2v) is 3.35. The van der Waals surface area contributed by atoms with E-state index in [1.165, 1.54) is 19.1 Å². The lowest BCUT2D eigenvalue weighted by Gasteiger charge is -2.00. The van der Waals surface area contributed by atoms with Crippen LogP contribution in [0.5, 0.6) is 0 Å². The summed E-state index contributed by atoms with van der Waals surface area (Å²) in [4.78, 5) is 10.6. The van der Waals surface area contributed by atoms with Crippen LogP contribution < -0.4 is 5.32 Å². The first kappa shape index (κ1) is 12.4. The third-order valence-corrected chi connectivity index (χ3v) is 2.01. The van der Waals surface area contributed by atoms with Gasteiger partial charge in [0.05, 0.1) is 6.61 Å². The topological polar surface area (TPSA) is 49.3 Å². The van der Waals surface area contributed by atoms with Crippen LogP contribution in [-0.4, -0.2) is 17.6 Å². The maximum Gasteiger partial charge on any atom is 0.217 e. The van der Waals surface area contributed by atoms with Gasteiger partial charge in [-0.3, -0.25) is 4.79 Å². The summed E-state index contributed by atoms with van der Waals surface area (Å²) in [7, 11) is 0. The van der Waals surface area contributed by atoms with E-state index in [2.05, 4.69) is 5.32 Å². The average molecular weight is 223 g/mol. The molecule has 0 saturated heterocycles. The number of nitrogens with one attached hydrogen (secondary N) is 1. The Kier molecular flexibility index (Phi) is 4.66. The van der Waals surface area contributed by atoms with Gasteiger partial charge in [0, 0.05) is 19.0 Å². The molecule has 0 spiro atoms. The molecule has 0 aliphatic carbocycles. The SMILES string of the molecule is CC(=O)NCC=Cc1cc(CO)ccc1F. The molecular weight excluding hydrogens is 209 g/mol. The second kappa shape index (κ2) is 6.02. The summed E-state index contributed by atoms with van der Waals surface area (Å²) < 4.78 is 13.3. The molecule has 1 rings (SSSR count). The van der Waals surface area contributed by atoms with Crippen molar-refractivity contribution in [3.05, 3.63) is 41.2 Å². The van der Waals surface area contributed by atoms with E-state index in [1.807, 2.05) is 0 Å². The Bertz CT molecular complexity index is 402. The molecule has 16 heavy (non-hydrogen) atoms. The molecule has 0 atom stereocenters. The molecule has 0 unspecified atom stereocenters. The molecule has 0 aromatic heterocycles. The van der Waals surface area contributed by atoms with E-state index in [9.17, 15) is 9.18 Å². The molecule has 0 fully saturated rings. The number of carbonyl (C=O) groups is 1. The third kappa shape index (κ3) is 3.82. The number of aliphatic hydroxyl groups excluding tert-OH is 1. The molecule has 4 heteroatoms. The van der Waals surface area contributed by atoms with Crippen LogP contribution in [0.2, 0.25) is 0 Å². The monoisotopic (exact) mass is 223 g/mol. The lowest BCUT2D eigenvalue weighted by Crippen LogP contribution is -2.19. The molecule has 0 bridgehead atoms. The van der Waals surface area contributed by atoms with E-state index in [0.717, 1.165) is 0 Å². The van der Waals surface area contributed by atoms with Crippen LogP contribution in [0.15, 0.2) is 24.3 Å². The molecule has 1 amide bonds. The van der Waals surface area contributed by atoms with Gasteiger partial charge in [-0.1, -0.05) is 18.2 Å². The highest BCUT2D eigenvalue weighted by atomic mass is 19.1. The van der Waals surface area contributed by atoms with Crippen LogP contribution in [0, 0.1) is 5.82 Å². The lowest BCUT2D eigenvalue weighted by atomic mass is 10.1. The van der Waals surface area contributed by atoms with Crippen LogP contribution in [0.25, 0.3) is 6.08 Å². The molecule has 2 N–H and O–H groups in total. The van der Waals surface area contributed by atoms with Gasteiger partial charge in [0.15, 0.2) is 0 Å². The van der Waals surface area contributed by atoms with E-state index in [0.29, 0.717) is 17.7 Å². The van der Waals surface area contributed by atoms with Crippen molar-refractivity contribution in [1.82, 2.24) is 5.32 Å². The molecule has 1 aromatic carbocycles. The number of aliphatic hydroxyl groups is 1. The number of rotatable bonds is 4. The van der Waals surface area contributed by atoms with E-state index < -0.39 is 0 Å². The van der Waals surface area contributed by atoms with Crippen LogP contribution >= 0.6 is 0 Å². The molecule has 0 radical (unpaired) electrons. The highest BCUT2D eigenvalue weighted by Gasteiger charge is 1.99. The van der Waals surface area contributed by atoms with Gasteiger partial charge < -0.3 is 10.4 Å². The van der Waals surface area contributed by atoms with E-state index in [1.54, 1.807) is 18.2 Å². The van der Waals surface area contributed by atoms with Crippen LogP contribution in [-0.2, 0) is 11.4 Å². The summed E-state index contributed by atoms with van der Waals surface area (Å²) in [6.45, 7) is 1.66. The Morgan fingerprint density at radius 3 is 2.94 bits per heavy atom. The first-order valence-electron chi connectivity index (χ1n) is 4.93. The van der Waals surface area contributed by atoms with Gasteiger partial charge in [-0.2, -0.15) is 0 Å². The van der Waals surface area contributed by atoms with E-state index in [-0.39, 0.29) is 18.3 Å². The van der Waals surface area contributed by atoms with Gasteiger partial charge in [-0.15, -0.1) is 0 Å². The molecule has 3 nitrogen and oxygen atoms in total. The summed E-state index contributed by atoms with van der Waals surface area (Å²) in [5.74, 6) is -0.481. The third-order valence-electron chi connectivity index (χ3n) is 2.01. The van der Waals surface area contributed by atoms with E-state index >= 15 is 0 Å². The van der Waals surface area contributed by atoms with Gasteiger partial charge in [0.2, 0.25) is 5.91 Å². The van der Waals surface area contributed by atoms with Gasteiger partial charge in [-0.25, -0.2) is 4.39 Å². The van der Waals surface area contributed by atoms with Crippen LogP contribution in [0.4, 0.5) is 4.39 Å². The fourth-order valence-corrected chi connectivity index (χ4v) is 1.21. The predicted octanol–water partition coefficient (Wildman–Crippen LogP) is 1.47. The number of amides is 1. The molecule has 0 heterocycles. The zero-order valence-electron chi connectivity index (χ0n) is 9.03. The lowest BCUT2D eigenvalue weighted by molar-refractivity contribution is -0.118. The summed E-state index contributed by atoms with van der Waals surface area (Å²) in [6.07, 6.45) is 3.23. The molecule has 0 saturated carbocycles. The molecule has 1 aromatic rings. The highest BCUT2D eigenvalue weighted by Crippen LogP contribution is 2.12. The Morgan fingerprint density at radius 2 is 2.31 bits per heavy atom. The number of hydrogen-bond acceptors (Lipinski definition) is 2. The van der Waals surface area contributed by atoms with Gasteiger partial charge >= 0.3 is 0 Å². The Morgan fingerprint density at radius 1 is 1.56 bits per heavy atom. The fraction of sp³-hybridized carbons (Fsp3) is 0.250. The average Bonchev–Trinajstić information content (AvgIpc) is 2.26. The predicted molar refractivity (Wildman–Crippen MR) is 60.0 cm³/mol. The summed E-state index contributed by atoms with van der Waals surface area (Å²) >= 11 is 0. The Labute approximate surface area is 93.6 Å². The first-order chi connectivity index (χ1) is 7.63. The Hall–Kier alpha value is -1.68. The molecule has 0 aliphatic rings.